The number of carbonyl (C=O) groups excluding carboxylic acids is 1. The minimum absolute atomic E-state index is 0.0104. The van der Waals surface area contributed by atoms with Crippen molar-refractivity contribution < 1.29 is 53.7 Å². The Bertz CT molecular complexity index is 1360. The zero-order valence-corrected chi connectivity index (χ0v) is 34.8. The monoisotopic (exact) mass is 765 g/mol. The highest BCUT2D eigenvalue weighted by molar-refractivity contribution is 5.84. The third kappa shape index (κ3) is 7.88. The van der Waals surface area contributed by atoms with E-state index < -0.39 is 76.8 Å². The molecule has 5 heterocycles. The summed E-state index contributed by atoms with van der Waals surface area (Å²) in [6, 6.07) is 0. The molecule has 0 aromatic heterocycles. The molecule has 0 unspecified atom stereocenters. The lowest BCUT2D eigenvalue weighted by Crippen LogP contribution is -2.63. The number of aliphatic hydroxyl groups excluding tert-OH is 2. The number of ketones is 1. The number of carbonyl (C=O) groups is 2. The minimum atomic E-state index is -1.37. The van der Waals surface area contributed by atoms with E-state index in [-0.39, 0.29) is 47.8 Å². The fourth-order valence-electron chi connectivity index (χ4n) is 10.9. The van der Waals surface area contributed by atoms with Gasteiger partial charge in [0.1, 0.15) is 11.9 Å². The van der Waals surface area contributed by atoms with Crippen LogP contribution in [0.25, 0.3) is 0 Å². The number of rotatable bonds is 12. The van der Waals surface area contributed by atoms with Gasteiger partial charge in [-0.1, -0.05) is 62.3 Å². The van der Waals surface area contributed by atoms with E-state index in [4.69, 9.17) is 23.7 Å². The highest BCUT2D eigenvalue weighted by atomic mass is 16.8. The first-order valence-electron chi connectivity index (χ1n) is 21.1. The van der Waals surface area contributed by atoms with Gasteiger partial charge in [-0.15, -0.1) is 0 Å². The zero-order valence-electron chi connectivity index (χ0n) is 34.8. The van der Waals surface area contributed by atoms with Crippen LogP contribution in [0.15, 0.2) is 12.2 Å². The lowest BCUT2D eigenvalue weighted by molar-refractivity contribution is -0.409. The van der Waals surface area contributed by atoms with Gasteiger partial charge in [0.2, 0.25) is 5.79 Å². The molecule has 310 valence electrons. The SMILES string of the molecule is CC[C@@H](C(=O)O)[C@@H]1O[C@@H]([C@@H](C)[C@H](O)[C@H](C)C(=O)[C@H](CC)[C@H]2O[C@]3(C=C[C@H](O)[C@]4(CC[C@@](C)([C@H]5CC[C@](O)(CC)[C@H](C)O5)O4)O3)[C@H](C)C[C@@H]2C)[C@@H](C)C[C@@H]1C. The van der Waals surface area contributed by atoms with Gasteiger partial charge in [0.25, 0.3) is 0 Å². The molecule has 4 saturated heterocycles. The summed E-state index contributed by atoms with van der Waals surface area (Å²) in [5.41, 5.74) is -1.63. The Morgan fingerprint density at radius 2 is 1.48 bits per heavy atom. The van der Waals surface area contributed by atoms with E-state index in [9.17, 15) is 30.0 Å². The van der Waals surface area contributed by atoms with Crippen molar-refractivity contribution >= 4 is 11.8 Å². The van der Waals surface area contributed by atoms with Crippen LogP contribution in [-0.4, -0.2) is 97.7 Å². The Kier molecular flexibility index (Phi) is 13.3. The molecule has 11 heteroatoms. The van der Waals surface area contributed by atoms with Gasteiger partial charge in [-0.25, -0.2) is 0 Å². The first-order chi connectivity index (χ1) is 25.2. The summed E-state index contributed by atoms with van der Waals surface area (Å²) in [6.07, 6.45) is 4.75. The molecule has 5 aliphatic rings. The molecule has 54 heavy (non-hydrogen) atoms. The van der Waals surface area contributed by atoms with Gasteiger partial charge < -0.3 is 44.1 Å². The average Bonchev–Trinajstić information content (AvgIpc) is 3.47. The lowest BCUT2D eigenvalue weighted by atomic mass is 9.72. The van der Waals surface area contributed by atoms with E-state index >= 15 is 0 Å². The quantitative estimate of drug-likeness (QED) is 0.162. The molecule has 19 atom stereocenters. The molecular weight excluding hydrogens is 692 g/mol. The number of carboxylic acids is 1. The lowest BCUT2D eigenvalue weighted by Gasteiger charge is -2.54. The first kappa shape index (κ1) is 43.7. The molecule has 0 saturated carbocycles. The number of hydrogen-bond donors (Lipinski definition) is 4. The van der Waals surface area contributed by atoms with E-state index in [0.717, 1.165) is 6.42 Å². The fourth-order valence-corrected chi connectivity index (χ4v) is 10.9. The number of aliphatic hydroxyl groups is 3. The topological polar surface area (TPSA) is 161 Å². The van der Waals surface area contributed by atoms with Gasteiger partial charge in [0.05, 0.1) is 53.7 Å². The summed E-state index contributed by atoms with van der Waals surface area (Å²) < 4.78 is 33.6. The van der Waals surface area contributed by atoms with Gasteiger partial charge >= 0.3 is 5.97 Å². The Morgan fingerprint density at radius 1 is 0.852 bits per heavy atom. The second-order valence-electron chi connectivity index (χ2n) is 18.5. The fraction of sp³-hybridized carbons (Fsp3) is 0.907. The zero-order chi connectivity index (χ0) is 40.1. The highest BCUT2D eigenvalue weighted by Crippen LogP contribution is 2.54. The van der Waals surface area contributed by atoms with E-state index in [2.05, 4.69) is 20.8 Å². The van der Waals surface area contributed by atoms with Crippen molar-refractivity contribution in [2.24, 2.45) is 47.3 Å². The minimum Gasteiger partial charge on any atom is -0.481 e. The van der Waals surface area contributed by atoms with Crippen LogP contribution in [-0.2, 0) is 33.3 Å². The number of hydrogen-bond acceptors (Lipinski definition) is 10. The predicted octanol–water partition coefficient (Wildman–Crippen LogP) is 6.43. The van der Waals surface area contributed by atoms with Crippen molar-refractivity contribution in [3.8, 4) is 0 Å². The summed E-state index contributed by atoms with van der Waals surface area (Å²) in [7, 11) is 0. The van der Waals surface area contributed by atoms with Crippen LogP contribution in [0.3, 0.4) is 0 Å². The molecule has 2 spiro atoms. The second kappa shape index (κ2) is 16.4. The molecule has 0 amide bonds. The summed E-state index contributed by atoms with van der Waals surface area (Å²) in [5, 5.41) is 44.2. The van der Waals surface area contributed by atoms with E-state index in [1.54, 1.807) is 19.1 Å². The second-order valence-corrected chi connectivity index (χ2v) is 18.5. The number of carboxylic acid groups (broad SMARTS) is 1. The normalized spacial score (nSPS) is 46.9. The Hall–Kier alpha value is -1.44. The smallest absolute Gasteiger partial charge is 0.309 e. The Morgan fingerprint density at radius 3 is 2.07 bits per heavy atom. The maximum absolute atomic E-state index is 14.5. The van der Waals surface area contributed by atoms with Crippen molar-refractivity contribution in [3.05, 3.63) is 12.2 Å². The molecule has 0 radical (unpaired) electrons. The molecular formula is C43H72O11. The van der Waals surface area contributed by atoms with Crippen molar-refractivity contribution in [1.29, 1.82) is 0 Å². The van der Waals surface area contributed by atoms with Gasteiger partial charge in [0.15, 0.2) is 5.79 Å². The summed E-state index contributed by atoms with van der Waals surface area (Å²) >= 11 is 0. The number of ether oxygens (including phenoxy) is 5. The average molecular weight is 765 g/mol. The molecule has 5 aliphatic heterocycles. The number of Topliss-reactive ketones (excluding diaryl/α,β-unsaturated/α-hetero) is 1. The van der Waals surface area contributed by atoms with Crippen LogP contribution in [0.5, 0.6) is 0 Å². The molecule has 4 N–H and O–H groups in total. The summed E-state index contributed by atoms with van der Waals surface area (Å²) in [6.45, 7) is 21.7. The summed E-state index contributed by atoms with van der Waals surface area (Å²) in [5.74, 6) is -5.80. The van der Waals surface area contributed by atoms with Gasteiger partial charge in [-0.3, -0.25) is 9.59 Å². The van der Waals surface area contributed by atoms with Crippen LogP contribution < -0.4 is 0 Å². The largest absolute Gasteiger partial charge is 0.481 e. The molecule has 0 aliphatic carbocycles. The van der Waals surface area contributed by atoms with Gasteiger partial charge in [-0.2, -0.15) is 0 Å². The van der Waals surface area contributed by atoms with Crippen LogP contribution in [0.2, 0.25) is 0 Å². The van der Waals surface area contributed by atoms with E-state index in [1.165, 1.54) is 0 Å². The van der Waals surface area contributed by atoms with Crippen LogP contribution in [0, 0.1) is 47.3 Å². The predicted molar refractivity (Wildman–Crippen MR) is 203 cm³/mol. The standard InChI is InChI=1S/C43H72O11/c1-12-30(35(46)27(8)34(45)28(9)36-23(4)21-24(5)37(51-36)31(13-2)39(47)48)38-25(6)22-26(7)42(52-38)18-15-32(44)43(54-42)20-19-40(11,53-43)33-16-17-41(49,14-3)29(10)50-33/h15,18,23-34,36-38,44-45,49H,12-14,16-17,19-22H2,1-11H3,(H,47,48)/t23-,24-,25-,26+,27-,28-,29-,30-,31+,32-,33+,34+,36+,37+,38-,40-,41+,42-,43-/m0/s1. The van der Waals surface area contributed by atoms with Crippen LogP contribution >= 0.6 is 0 Å². The third-order valence-corrected chi connectivity index (χ3v) is 14.8. The third-order valence-electron chi connectivity index (χ3n) is 14.8. The van der Waals surface area contributed by atoms with Crippen LogP contribution in [0.1, 0.15) is 134 Å². The van der Waals surface area contributed by atoms with E-state index in [0.29, 0.717) is 51.4 Å². The Balaban J connectivity index is 1.32. The molecule has 0 aromatic carbocycles. The van der Waals surface area contributed by atoms with Gasteiger partial charge in [0, 0.05) is 30.1 Å². The van der Waals surface area contributed by atoms with Crippen LogP contribution in [0.4, 0.5) is 0 Å². The number of aliphatic carboxylic acids is 1. The summed E-state index contributed by atoms with van der Waals surface area (Å²) in [4.78, 5) is 26.6. The molecule has 11 nitrogen and oxygen atoms in total. The molecule has 0 bridgehead atoms. The van der Waals surface area contributed by atoms with Crippen molar-refractivity contribution in [2.45, 2.75) is 199 Å². The Labute approximate surface area is 323 Å². The van der Waals surface area contributed by atoms with E-state index in [1.807, 2.05) is 48.5 Å². The van der Waals surface area contributed by atoms with Gasteiger partial charge in [-0.05, 0) is 95.1 Å². The maximum atomic E-state index is 14.5. The maximum Gasteiger partial charge on any atom is 0.309 e. The molecule has 5 rings (SSSR count). The highest BCUT2D eigenvalue weighted by Gasteiger charge is 2.63. The molecule has 0 aromatic rings. The first-order valence-corrected chi connectivity index (χ1v) is 21.1. The van der Waals surface area contributed by atoms with Crippen molar-refractivity contribution in [2.75, 3.05) is 0 Å². The van der Waals surface area contributed by atoms with Crippen molar-refractivity contribution in [3.63, 3.8) is 0 Å². The molecule has 4 fully saturated rings. The van der Waals surface area contributed by atoms with Crippen molar-refractivity contribution in [1.82, 2.24) is 0 Å².